The van der Waals surface area contributed by atoms with Crippen molar-refractivity contribution in [1.29, 1.82) is 0 Å². The van der Waals surface area contributed by atoms with Gasteiger partial charge in [0.25, 0.3) is 0 Å². The second kappa shape index (κ2) is 9.94. The van der Waals surface area contributed by atoms with Crippen LogP contribution in [0.1, 0.15) is 13.8 Å². The van der Waals surface area contributed by atoms with Gasteiger partial charge in [-0.3, -0.25) is 8.37 Å². The maximum Gasteiger partial charge on any atom is 0.399 e. The van der Waals surface area contributed by atoms with E-state index < -0.39 is 10.4 Å². The lowest BCUT2D eigenvalue weighted by atomic mass is 10.3. The van der Waals surface area contributed by atoms with Gasteiger partial charge in [-0.25, -0.2) is 0 Å². The fourth-order valence-electron chi connectivity index (χ4n) is 0.504. The Kier molecular flexibility index (Phi) is 11.3. The highest BCUT2D eigenvalue weighted by molar-refractivity contribution is 7.81. The van der Waals surface area contributed by atoms with E-state index in [1.54, 1.807) is 6.92 Å². The molecule has 0 rings (SSSR count). The van der Waals surface area contributed by atoms with Crippen molar-refractivity contribution in [3.8, 4) is 0 Å². The van der Waals surface area contributed by atoms with E-state index in [0.717, 1.165) is 14.2 Å². The first kappa shape index (κ1) is 18.1. The molecule has 2 unspecified atom stereocenters. The van der Waals surface area contributed by atoms with E-state index in [1.165, 1.54) is 0 Å². The maximum atomic E-state index is 9.92. The first-order valence-corrected chi connectivity index (χ1v) is 6.00. The Morgan fingerprint density at radius 2 is 1.69 bits per heavy atom. The normalized spacial score (nSPS) is 14.9. The molecule has 0 aliphatic carbocycles. The van der Waals surface area contributed by atoms with Crippen molar-refractivity contribution < 1.29 is 27.0 Å². The molecule has 0 aliphatic rings. The fourth-order valence-corrected chi connectivity index (χ4v) is 0.640. The zero-order valence-corrected chi connectivity index (χ0v) is 10.8. The van der Waals surface area contributed by atoms with Crippen LogP contribution in [0.25, 0.3) is 0 Å². The zero-order chi connectivity index (χ0) is 13.2. The van der Waals surface area contributed by atoms with Gasteiger partial charge in [-0.15, -0.1) is 0 Å². The fraction of sp³-hybridized carbons (Fsp3) is 1.00. The molecular formula is C8H21NO6S. The second-order valence-corrected chi connectivity index (χ2v) is 4.57. The van der Waals surface area contributed by atoms with Crippen LogP contribution in [0.15, 0.2) is 0 Å². The Morgan fingerprint density at radius 3 is 1.88 bits per heavy atom. The molecule has 2 atom stereocenters. The van der Waals surface area contributed by atoms with Gasteiger partial charge in [0.15, 0.2) is 0 Å². The number of aliphatic hydroxyl groups excluding tert-OH is 2. The van der Waals surface area contributed by atoms with Crippen LogP contribution in [0.5, 0.6) is 0 Å². The minimum absolute atomic E-state index is 0.0830. The summed E-state index contributed by atoms with van der Waals surface area (Å²) in [6, 6.07) is 0.0830. The molecule has 100 valence electrons. The molecule has 0 bridgehead atoms. The van der Waals surface area contributed by atoms with Crippen LogP contribution in [0, 0.1) is 0 Å². The average molecular weight is 259 g/mol. The van der Waals surface area contributed by atoms with E-state index in [2.05, 4.69) is 13.7 Å². The van der Waals surface area contributed by atoms with Crippen LogP contribution in [0.4, 0.5) is 0 Å². The molecule has 0 fully saturated rings. The summed E-state index contributed by atoms with van der Waals surface area (Å²) >= 11 is 0. The van der Waals surface area contributed by atoms with Gasteiger partial charge in [0.2, 0.25) is 0 Å². The molecule has 0 heterocycles. The summed E-state index contributed by atoms with van der Waals surface area (Å²) in [7, 11) is -1.60. The third-order valence-corrected chi connectivity index (χ3v) is 2.26. The highest BCUT2D eigenvalue weighted by Crippen LogP contribution is 1.85. The van der Waals surface area contributed by atoms with Crippen molar-refractivity contribution in [3.63, 3.8) is 0 Å². The van der Waals surface area contributed by atoms with E-state index >= 15 is 0 Å². The average Bonchev–Trinajstić information content (AvgIpc) is 2.26. The van der Waals surface area contributed by atoms with Gasteiger partial charge in [-0.2, -0.15) is 8.42 Å². The molecule has 0 saturated heterocycles. The summed E-state index contributed by atoms with van der Waals surface area (Å²) in [5, 5.41) is 20.2. The first-order chi connectivity index (χ1) is 7.29. The smallest absolute Gasteiger partial charge is 0.395 e. The third kappa shape index (κ3) is 13.8. The summed E-state index contributed by atoms with van der Waals surface area (Å²) in [5.41, 5.74) is 0. The van der Waals surface area contributed by atoms with E-state index in [-0.39, 0.29) is 18.8 Å². The van der Waals surface area contributed by atoms with Gasteiger partial charge < -0.3 is 15.5 Å². The molecule has 7 nitrogen and oxygen atoms in total. The number of rotatable bonds is 6. The monoisotopic (exact) mass is 259 g/mol. The lowest BCUT2D eigenvalue weighted by molar-refractivity contribution is 0.175. The molecule has 0 aliphatic heterocycles. The molecule has 0 aromatic carbocycles. The van der Waals surface area contributed by atoms with Crippen LogP contribution < -0.4 is 5.32 Å². The van der Waals surface area contributed by atoms with Gasteiger partial charge >= 0.3 is 10.4 Å². The Morgan fingerprint density at radius 1 is 1.25 bits per heavy atom. The topological polar surface area (TPSA) is 105 Å². The molecule has 0 spiro atoms. The first-order valence-electron chi connectivity index (χ1n) is 4.67. The number of hydrogen-bond donors (Lipinski definition) is 3. The number of aliphatic hydroxyl groups is 2. The SMILES string of the molecule is CC(O)CNC(C)CO.COS(=O)(=O)OC. The van der Waals surface area contributed by atoms with Crippen LogP contribution in [-0.4, -0.2) is 58.1 Å². The van der Waals surface area contributed by atoms with Gasteiger partial charge in [-0.05, 0) is 13.8 Å². The summed E-state index contributed by atoms with van der Waals surface area (Å²) in [4.78, 5) is 0. The zero-order valence-electron chi connectivity index (χ0n) is 10.0. The van der Waals surface area contributed by atoms with Crippen molar-refractivity contribution in [2.45, 2.75) is 26.0 Å². The van der Waals surface area contributed by atoms with Gasteiger partial charge in [0, 0.05) is 12.6 Å². The van der Waals surface area contributed by atoms with Crippen molar-refractivity contribution in [2.75, 3.05) is 27.4 Å². The summed E-state index contributed by atoms with van der Waals surface area (Å²) in [6.07, 6.45) is -0.334. The van der Waals surface area contributed by atoms with Crippen molar-refractivity contribution in [1.82, 2.24) is 5.32 Å². The summed E-state index contributed by atoms with van der Waals surface area (Å²) in [5.74, 6) is 0. The van der Waals surface area contributed by atoms with Crippen LogP contribution >= 0.6 is 0 Å². The number of hydrogen-bond acceptors (Lipinski definition) is 7. The van der Waals surface area contributed by atoms with Crippen molar-refractivity contribution in [2.24, 2.45) is 0 Å². The molecule has 8 heteroatoms. The number of nitrogens with one attached hydrogen (secondary N) is 1. The standard InChI is InChI=1S/C6H15NO2.C2H6O4S/c1-5(4-8)7-3-6(2)9;1-5-7(3,4)6-2/h5-9H,3-4H2,1-2H3;1-2H3. The Hall–Kier alpha value is -0.250. The lowest BCUT2D eigenvalue weighted by Crippen LogP contribution is -2.34. The maximum absolute atomic E-state index is 9.92. The van der Waals surface area contributed by atoms with Crippen molar-refractivity contribution in [3.05, 3.63) is 0 Å². The van der Waals surface area contributed by atoms with Gasteiger partial charge in [0.1, 0.15) is 0 Å². The van der Waals surface area contributed by atoms with Crippen LogP contribution in [0.3, 0.4) is 0 Å². The summed E-state index contributed by atoms with van der Waals surface area (Å²) in [6.45, 7) is 4.23. The minimum Gasteiger partial charge on any atom is -0.395 e. The predicted molar refractivity (Wildman–Crippen MR) is 59.2 cm³/mol. The van der Waals surface area contributed by atoms with Gasteiger partial charge in [-0.1, -0.05) is 0 Å². The lowest BCUT2D eigenvalue weighted by Gasteiger charge is -2.11. The van der Waals surface area contributed by atoms with Gasteiger partial charge in [0.05, 0.1) is 26.9 Å². The third-order valence-electron chi connectivity index (χ3n) is 1.44. The van der Waals surface area contributed by atoms with Crippen LogP contribution in [0.2, 0.25) is 0 Å². The minimum atomic E-state index is -3.66. The molecule has 0 amide bonds. The largest absolute Gasteiger partial charge is 0.399 e. The second-order valence-electron chi connectivity index (χ2n) is 3.08. The summed E-state index contributed by atoms with van der Waals surface area (Å²) < 4.78 is 27.5. The molecule has 0 aromatic heterocycles. The molecular weight excluding hydrogens is 238 g/mol. The Balaban J connectivity index is 0. The van der Waals surface area contributed by atoms with E-state index in [0.29, 0.717) is 6.54 Å². The molecule has 16 heavy (non-hydrogen) atoms. The van der Waals surface area contributed by atoms with Crippen molar-refractivity contribution >= 4 is 10.4 Å². The molecule has 0 saturated carbocycles. The van der Waals surface area contributed by atoms with Crippen LogP contribution in [-0.2, 0) is 18.8 Å². The molecule has 0 aromatic rings. The van der Waals surface area contributed by atoms with E-state index in [9.17, 15) is 8.42 Å². The quantitative estimate of drug-likeness (QED) is 0.554. The Labute approximate surface area is 96.7 Å². The Bertz CT molecular complexity index is 231. The highest BCUT2D eigenvalue weighted by atomic mass is 32.3. The van der Waals surface area contributed by atoms with E-state index in [1.807, 2.05) is 6.92 Å². The predicted octanol–water partition coefficient (Wildman–Crippen LogP) is -1.14. The molecule has 3 N–H and O–H groups in total. The van der Waals surface area contributed by atoms with E-state index in [4.69, 9.17) is 10.2 Å². The molecule has 0 radical (unpaired) electrons. The highest BCUT2D eigenvalue weighted by Gasteiger charge is 2.01.